The van der Waals surface area contributed by atoms with Crippen LogP contribution in [-0.2, 0) is 12.7 Å². The van der Waals surface area contributed by atoms with Crippen molar-refractivity contribution in [3.63, 3.8) is 0 Å². The highest BCUT2D eigenvalue weighted by Crippen LogP contribution is 2.34. The number of amides is 1. The number of hydrogen-bond acceptors (Lipinski definition) is 3. The largest absolute Gasteiger partial charge is 0.494 e. The molecule has 3 rings (SSSR count). The minimum absolute atomic E-state index is 0.0721. The van der Waals surface area contributed by atoms with Gasteiger partial charge in [0.15, 0.2) is 5.82 Å². The molecule has 0 radical (unpaired) electrons. The average Bonchev–Trinajstić information content (AvgIpc) is 3.08. The number of anilines is 1. The predicted octanol–water partition coefficient (Wildman–Crippen LogP) is 4.88. The zero-order valence-corrected chi connectivity index (χ0v) is 15.6. The topological polar surface area (TPSA) is 56.1 Å². The molecule has 0 unspecified atom stereocenters. The van der Waals surface area contributed by atoms with Crippen LogP contribution in [0.4, 0.5) is 27.8 Å². The van der Waals surface area contributed by atoms with E-state index in [1.54, 1.807) is 6.92 Å². The number of rotatable bonds is 6. The number of hydrogen-bond donors (Lipinski definition) is 1. The van der Waals surface area contributed by atoms with Gasteiger partial charge in [0.2, 0.25) is 0 Å². The molecule has 1 heterocycles. The molecule has 3 aromatic rings. The zero-order valence-electron chi connectivity index (χ0n) is 15.6. The summed E-state index contributed by atoms with van der Waals surface area (Å²) in [4.78, 5) is 12.1. The molecule has 1 N–H and O–H groups in total. The fourth-order valence-corrected chi connectivity index (χ4v) is 2.82. The Hall–Kier alpha value is -3.43. The van der Waals surface area contributed by atoms with Crippen LogP contribution in [0.15, 0.2) is 48.7 Å². The number of nitrogens with one attached hydrogen (secondary N) is 1. The van der Waals surface area contributed by atoms with Crippen LogP contribution in [0.3, 0.4) is 0 Å². The number of nitrogens with zero attached hydrogens (tertiary/aromatic N) is 2. The molecular formula is C20H16F5N3O2. The van der Waals surface area contributed by atoms with Crippen molar-refractivity contribution in [1.29, 1.82) is 0 Å². The first-order valence-electron chi connectivity index (χ1n) is 8.80. The first-order chi connectivity index (χ1) is 14.2. The van der Waals surface area contributed by atoms with E-state index in [1.165, 1.54) is 24.4 Å². The summed E-state index contributed by atoms with van der Waals surface area (Å²) in [6.07, 6.45) is -3.24. The minimum Gasteiger partial charge on any atom is -0.494 e. The Kier molecular flexibility index (Phi) is 6.04. The van der Waals surface area contributed by atoms with Crippen molar-refractivity contribution in [1.82, 2.24) is 9.78 Å². The van der Waals surface area contributed by atoms with Gasteiger partial charge in [0.05, 0.1) is 18.7 Å². The summed E-state index contributed by atoms with van der Waals surface area (Å²) in [5.41, 5.74) is -1.72. The second-order valence-corrected chi connectivity index (χ2v) is 6.20. The van der Waals surface area contributed by atoms with Gasteiger partial charge in [0, 0.05) is 12.3 Å². The zero-order chi connectivity index (χ0) is 21.9. The molecule has 1 aromatic heterocycles. The lowest BCUT2D eigenvalue weighted by Gasteiger charge is -2.14. The number of carbonyl (C=O) groups is 1. The van der Waals surface area contributed by atoms with Crippen LogP contribution in [0.1, 0.15) is 28.4 Å². The molecule has 158 valence electrons. The summed E-state index contributed by atoms with van der Waals surface area (Å²) in [6.45, 7) is 1.73. The monoisotopic (exact) mass is 425 g/mol. The Balaban J connectivity index is 1.82. The maximum absolute atomic E-state index is 13.7. The van der Waals surface area contributed by atoms with Gasteiger partial charge in [0.25, 0.3) is 5.91 Å². The highest BCUT2D eigenvalue weighted by atomic mass is 19.4. The van der Waals surface area contributed by atoms with Crippen molar-refractivity contribution in [3.05, 3.63) is 77.0 Å². The molecule has 0 spiro atoms. The van der Waals surface area contributed by atoms with Gasteiger partial charge in [0.1, 0.15) is 22.9 Å². The standard InChI is InChI=1S/C20H16F5N3O2/c1-2-30-13-6-7-14(20(23,24)25)12(10-13)11-28-9-8-17(27-28)26-19(29)18-15(21)4-3-5-16(18)22/h3-10H,2,11H2,1H3,(H,26,27,29). The first-order valence-corrected chi connectivity index (χ1v) is 8.80. The summed E-state index contributed by atoms with van der Waals surface area (Å²) in [5, 5.41) is 6.19. The van der Waals surface area contributed by atoms with E-state index in [0.29, 0.717) is 0 Å². The number of aromatic nitrogens is 2. The Morgan fingerprint density at radius 3 is 2.47 bits per heavy atom. The van der Waals surface area contributed by atoms with Crippen molar-refractivity contribution in [3.8, 4) is 5.75 Å². The third-order valence-corrected chi connectivity index (χ3v) is 4.10. The van der Waals surface area contributed by atoms with E-state index in [-0.39, 0.29) is 30.3 Å². The number of alkyl halides is 3. The summed E-state index contributed by atoms with van der Waals surface area (Å²) in [5.74, 6) is -2.96. The van der Waals surface area contributed by atoms with Gasteiger partial charge >= 0.3 is 6.18 Å². The summed E-state index contributed by atoms with van der Waals surface area (Å²) >= 11 is 0. The number of halogens is 5. The Morgan fingerprint density at radius 1 is 1.13 bits per heavy atom. The van der Waals surface area contributed by atoms with Gasteiger partial charge in [-0.3, -0.25) is 9.48 Å². The molecule has 5 nitrogen and oxygen atoms in total. The van der Waals surface area contributed by atoms with Crippen LogP contribution >= 0.6 is 0 Å². The highest BCUT2D eigenvalue weighted by Gasteiger charge is 2.33. The van der Waals surface area contributed by atoms with Crippen LogP contribution < -0.4 is 10.1 Å². The fraction of sp³-hybridized carbons (Fsp3) is 0.200. The van der Waals surface area contributed by atoms with E-state index < -0.39 is 34.8 Å². The number of ether oxygens (including phenoxy) is 1. The second kappa shape index (κ2) is 8.52. The van der Waals surface area contributed by atoms with Gasteiger partial charge in [-0.25, -0.2) is 8.78 Å². The number of carbonyl (C=O) groups excluding carboxylic acids is 1. The van der Waals surface area contributed by atoms with Gasteiger partial charge in [-0.2, -0.15) is 18.3 Å². The Morgan fingerprint density at radius 2 is 1.83 bits per heavy atom. The van der Waals surface area contributed by atoms with Crippen LogP contribution in [0.2, 0.25) is 0 Å². The van der Waals surface area contributed by atoms with E-state index in [2.05, 4.69) is 10.4 Å². The SMILES string of the molecule is CCOc1ccc(C(F)(F)F)c(Cn2ccc(NC(=O)c3c(F)cccc3F)n2)c1. The summed E-state index contributed by atoms with van der Waals surface area (Å²) in [6, 6.07) is 7.70. The molecule has 0 saturated heterocycles. The van der Waals surface area contributed by atoms with Gasteiger partial charge in [-0.15, -0.1) is 0 Å². The van der Waals surface area contributed by atoms with E-state index in [1.807, 2.05) is 0 Å². The normalized spacial score (nSPS) is 11.4. The Bertz CT molecular complexity index is 1040. The third kappa shape index (κ3) is 4.76. The highest BCUT2D eigenvalue weighted by molar-refractivity contribution is 6.04. The van der Waals surface area contributed by atoms with E-state index >= 15 is 0 Å². The molecule has 10 heteroatoms. The van der Waals surface area contributed by atoms with Gasteiger partial charge in [-0.1, -0.05) is 6.07 Å². The van der Waals surface area contributed by atoms with Crippen LogP contribution in [0.25, 0.3) is 0 Å². The quantitative estimate of drug-likeness (QED) is 0.573. The summed E-state index contributed by atoms with van der Waals surface area (Å²) < 4.78 is 73.8. The third-order valence-electron chi connectivity index (χ3n) is 4.10. The lowest BCUT2D eigenvalue weighted by atomic mass is 10.1. The van der Waals surface area contributed by atoms with Crippen molar-refractivity contribution in [2.45, 2.75) is 19.6 Å². The smallest absolute Gasteiger partial charge is 0.416 e. The van der Waals surface area contributed by atoms with Crippen LogP contribution in [-0.4, -0.2) is 22.3 Å². The molecule has 0 bridgehead atoms. The van der Waals surface area contributed by atoms with E-state index in [9.17, 15) is 26.7 Å². The van der Waals surface area contributed by atoms with Crippen molar-refractivity contribution >= 4 is 11.7 Å². The minimum atomic E-state index is -4.58. The lowest BCUT2D eigenvalue weighted by molar-refractivity contribution is -0.138. The van der Waals surface area contributed by atoms with Crippen molar-refractivity contribution in [2.75, 3.05) is 11.9 Å². The molecule has 0 saturated carbocycles. The second-order valence-electron chi connectivity index (χ2n) is 6.20. The average molecular weight is 425 g/mol. The maximum atomic E-state index is 13.7. The summed E-state index contributed by atoms with van der Waals surface area (Å²) in [7, 11) is 0. The van der Waals surface area contributed by atoms with Gasteiger partial charge in [-0.05, 0) is 42.8 Å². The maximum Gasteiger partial charge on any atom is 0.416 e. The Labute approximate surface area is 168 Å². The molecule has 0 aliphatic heterocycles. The fourth-order valence-electron chi connectivity index (χ4n) is 2.82. The molecular weight excluding hydrogens is 409 g/mol. The molecule has 0 aliphatic rings. The molecule has 30 heavy (non-hydrogen) atoms. The predicted molar refractivity (Wildman–Crippen MR) is 98.3 cm³/mol. The lowest BCUT2D eigenvalue weighted by Crippen LogP contribution is -2.16. The van der Waals surface area contributed by atoms with E-state index in [4.69, 9.17) is 4.74 Å². The van der Waals surface area contributed by atoms with E-state index in [0.717, 1.165) is 28.9 Å². The van der Waals surface area contributed by atoms with Crippen molar-refractivity contribution in [2.24, 2.45) is 0 Å². The first kappa shape index (κ1) is 21.3. The molecule has 2 aromatic carbocycles. The van der Waals surface area contributed by atoms with Crippen molar-refractivity contribution < 1.29 is 31.5 Å². The number of benzene rings is 2. The van der Waals surface area contributed by atoms with Crippen LogP contribution in [0, 0.1) is 11.6 Å². The molecule has 1 amide bonds. The molecule has 0 fully saturated rings. The molecule has 0 aliphatic carbocycles. The van der Waals surface area contributed by atoms with Gasteiger partial charge < -0.3 is 10.1 Å². The van der Waals surface area contributed by atoms with Crippen LogP contribution in [0.5, 0.6) is 5.75 Å². The molecule has 0 atom stereocenters.